The van der Waals surface area contributed by atoms with Crippen LogP contribution in [0.15, 0.2) is 0 Å². The molecule has 2 heterocycles. The highest BCUT2D eigenvalue weighted by atomic mass is 16.1. The van der Waals surface area contributed by atoms with Crippen LogP contribution in [0.25, 0.3) is 0 Å². The minimum absolute atomic E-state index is 0.00778. The van der Waals surface area contributed by atoms with E-state index in [2.05, 4.69) is 11.2 Å². The summed E-state index contributed by atoms with van der Waals surface area (Å²) < 4.78 is 0. The first-order valence-corrected chi connectivity index (χ1v) is 4.56. The number of carbonyl (C=O) groups is 1. The lowest BCUT2D eigenvalue weighted by atomic mass is 9.89. The van der Waals surface area contributed by atoms with Gasteiger partial charge in [-0.1, -0.05) is 0 Å². The molecule has 2 nitrogen and oxygen atoms in total. The van der Waals surface area contributed by atoms with Crippen LogP contribution >= 0.6 is 0 Å². The van der Waals surface area contributed by atoms with Crippen LogP contribution in [-0.2, 0) is 4.79 Å². The SMILES string of the molecule is C#CC(=O)C1CC2CCC(C1)N2. The van der Waals surface area contributed by atoms with Gasteiger partial charge >= 0.3 is 0 Å². The Morgan fingerprint density at radius 1 is 1.33 bits per heavy atom. The van der Waals surface area contributed by atoms with E-state index < -0.39 is 0 Å². The van der Waals surface area contributed by atoms with Crippen molar-refractivity contribution in [3.05, 3.63) is 0 Å². The molecule has 0 aromatic carbocycles. The average Bonchev–Trinajstić information content (AvgIpc) is 2.44. The second-order valence-corrected chi connectivity index (χ2v) is 3.81. The van der Waals surface area contributed by atoms with Crippen LogP contribution < -0.4 is 5.32 Å². The van der Waals surface area contributed by atoms with Gasteiger partial charge < -0.3 is 5.32 Å². The lowest BCUT2D eigenvalue weighted by Gasteiger charge is -2.26. The maximum atomic E-state index is 11.2. The summed E-state index contributed by atoms with van der Waals surface area (Å²) >= 11 is 0. The first-order chi connectivity index (χ1) is 5.79. The number of hydrogen-bond donors (Lipinski definition) is 1. The van der Waals surface area contributed by atoms with Crippen molar-refractivity contribution >= 4 is 5.78 Å². The van der Waals surface area contributed by atoms with Crippen LogP contribution in [0.2, 0.25) is 0 Å². The van der Waals surface area contributed by atoms with Crippen molar-refractivity contribution in [1.29, 1.82) is 0 Å². The molecule has 12 heavy (non-hydrogen) atoms. The molecule has 0 saturated carbocycles. The Labute approximate surface area is 72.7 Å². The fourth-order valence-corrected chi connectivity index (χ4v) is 2.39. The Kier molecular flexibility index (Phi) is 1.90. The van der Waals surface area contributed by atoms with Gasteiger partial charge in [0.2, 0.25) is 5.78 Å². The number of Topliss-reactive ketones (excluding diaryl/α,β-unsaturated/α-hetero) is 1. The fraction of sp³-hybridized carbons (Fsp3) is 0.700. The molecule has 0 spiro atoms. The molecule has 2 unspecified atom stereocenters. The molecule has 2 bridgehead atoms. The first kappa shape index (κ1) is 7.82. The molecular formula is C10H13NO. The molecule has 1 N–H and O–H groups in total. The predicted octanol–water partition coefficient (Wildman–Crippen LogP) is 0.719. The second-order valence-electron chi connectivity index (χ2n) is 3.81. The molecule has 2 heteroatoms. The smallest absolute Gasteiger partial charge is 0.208 e. The number of fused-ring (bicyclic) bond motifs is 2. The maximum Gasteiger partial charge on any atom is 0.208 e. The summed E-state index contributed by atoms with van der Waals surface area (Å²) in [7, 11) is 0. The van der Waals surface area contributed by atoms with Gasteiger partial charge in [0.15, 0.2) is 0 Å². The van der Waals surface area contributed by atoms with E-state index in [9.17, 15) is 4.79 Å². The maximum absolute atomic E-state index is 11.2. The minimum atomic E-state index is 0.00778. The van der Waals surface area contributed by atoms with E-state index in [4.69, 9.17) is 6.42 Å². The fourth-order valence-electron chi connectivity index (χ4n) is 2.39. The zero-order valence-electron chi connectivity index (χ0n) is 7.05. The molecule has 2 atom stereocenters. The van der Waals surface area contributed by atoms with Crippen molar-refractivity contribution < 1.29 is 4.79 Å². The quantitative estimate of drug-likeness (QED) is 0.456. The molecule has 0 aromatic heterocycles. The Morgan fingerprint density at radius 2 is 1.92 bits per heavy atom. The van der Waals surface area contributed by atoms with Gasteiger partial charge in [-0.3, -0.25) is 4.79 Å². The Morgan fingerprint density at radius 3 is 2.42 bits per heavy atom. The number of hydrogen-bond acceptors (Lipinski definition) is 2. The largest absolute Gasteiger partial charge is 0.311 e. The summed E-state index contributed by atoms with van der Waals surface area (Å²) in [4.78, 5) is 11.2. The van der Waals surface area contributed by atoms with Gasteiger partial charge in [0, 0.05) is 18.0 Å². The third-order valence-electron chi connectivity index (χ3n) is 2.99. The van der Waals surface area contributed by atoms with Crippen LogP contribution in [0.1, 0.15) is 25.7 Å². The summed E-state index contributed by atoms with van der Waals surface area (Å²) in [5, 5.41) is 3.48. The minimum Gasteiger partial charge on any atom is -0.311 e. The van der Waals surface area contributed by atoms with Crippen LogP contribution in [0.5, 0.6) is 0 Å². The van der Waals surface area contributed by atoms with E-state index in [0.29, 0.717) is 12.1 Å². The monoisotopic (exact) mass is 163 g/mol. The molecule has 2 aliphatic heterocycles. The van der Waals surface area contributed by atoms with E-state index in [-0.39, 0.29) is 11.7 Å². The summed E-state index contributed by atoms with van der Waals surface area (Å²) in [6.07, 6.45) is 9.45. The van der Waals surface area contributed by atoms with Gasteiger partial charge in [0.25, 0.3) is 0 Å². The van der Waals surface area contributed by atoms with Gasteiger partial charge in [-0.2, -0.15) is 0 Å². The summed E-state index contributed by atoms with van der Waals surface area (Å²) in [5.41, 5.74) is 0. The summed E-state index contributed by atoms with van der Waals surface area (Å²) in [6, 6.07) is 1.12. The van der Waals surface area contributed by atoms with E-state index in [0.717, 1.165) is 12.8 Å². The average molecular weight is 163 g/mol. The van der Waals surface area contributed by atoms with Gasteiger partial charge in [0.05, 0.1) is 0 Å². The zero-order valence-corrected chi connectivity index (χ0v) is 7.05. The first-order valence-electron chi connectivity index (χ1n) is 4.56. The zero-order chi connectivity index (χ0) is 8.55. The van der Waals surface area contributed by atoms with Crippen LogP contribution in [-0.4, -0.2) is 17.9 Å². The highest BCUT2D eigenvalue weighted by Gasteiger charge is 2.35. The molecular weight excluding hydrogens is 150 g/mol. The molecule has 0 aliphatic carbocycles. The van der Waals surface area contributed by atoms with E-state index in [1.54, 1.807) is 0 Å². The topological polar surface area (TPSA) is 29.1 Å². The highest BCUT2D eigenvalue weighted by molar-refractivity contribution is 5.96. The van der Waals surface area contributed by atoms with E-state index in [1.807, 2.05) is 0 Å². The number of nitrogens with one attached hydrogen (secondary N) is 1. The van der Waals surface area contributed by atoms with Crippen LogP contribution in [0.4, 0.5) is 0 Å². The number of carbonyl (C=O) groups excluding carboxylic acids is 1. The van der Waals surface area contributed by atoms with Crippen LogP contribution in [0.3, 0.4) is 0 Å². The lowest BCUT2D eigenvalue weighted by Crippen LogP contribution is -2.40. The highest BCUT2D eigenvalue weighted by Crippen LogP contribution is 2.31. The Bertz CT molecular complexity index is 229. The van der Waals surface area contributed by atoms with Crippen molar-refractivity contribution in [2.45, 2.75) is 37.8 Å². The molecule has 2 aliphatic rings. The van der Waals surface area contributed by atoms with Crippen molar-refractivity contribution in [2.75, 3.05) is 0 Å². The van der Waals surface area contributed by atoms with Gasteiger partial charge in [-0.15, -0.1) is 6.42 Å². The van der Waals surface area contributed by atoms with Crippen molar-refractivity contribution in [1.82, 2.24) is 5.32 Å². The number of terminal acetylenes is 1. The Balaban J connectivity index is 2.03. The van der Waals surface area contributed by atoms with E-state index >= 15 is 0 Å². The molecule has 2 fully saturated rings. The number of rotatable bonds is 1. The third kappa shape index (κ3) is 1.25. The van der Waals surface area contributed by atoms with Crippen molar-refractivity contribution in [3.63, 3.8) is 0 Å². The third-order valence-corrected chi connectivity index (χ3v) is 2.99. The van der Waals surface area contributed by atoms with E-state index in [1.165, 1.54) is 12.8 Å². The standard InChI is InChI=1S/C10H13NO/c1-2-10(12)7-5-8-3-4-9(6-7)11-8/h1,7-9,11H,3-6H2. The summed E-state index contributed by atoms with van der Waals surface area (Å²) in [6.45, 7) is 0. The predicted molar refractivity (Wildman–Crippen MR) is 46.5 cm³/mol. The molecule has 0 radical (unpaired) electrons. The molecule has 0 amide bonds. The van der Waals surface area contributed by atoms with Crippen molar-refractivity contribution in [2.24, 2.45) is 5.92 Å². The number of ketones is 1. The molecule has 0 aromatic rings. The lowest BCUT2D eigenvalue weighted by molar-refractivity contribution is -0.118. The van der Waals surface area contributed by atoms with Crippen molar-refractivity contribution in [3.8, 4) is 12.3 Å². The number of piperidine rings is 1. The molecule has 64 valence electrons. The normalized spacial score (nSPS) is 39.1. The molecule has 2 saturated heterocycles. The second kappa shape index (κ2) is 2.91. The van der Waals surface area contributed by atoms with Gasteiger partial charge in [-0.25, -0.2) is 0 Å². The molecule has 2 rings (SSSR count). The van der Waals surface area contributed by atoms with Crippen LogP contribution in [0, 0.1) is 18.3 Å². The van der Waals surface area contributed by atoms with Gasteiger partial charge in [0.1, 0.15) is 0 Å². The Hall–Kier alpha value is -0.810. The summed E-state index contributed by atoms with van der Waals surface area (Å²) in [5.74, 6) is 2.39. The van der Waals surface area contributed by atoms with Gasteiger partial charge in [-0.05, 0) is 31.6 Å².